The Balaban J connectivity index is 1.45. The predicted octanol–water partition coefficient (Wildman–Crippen LogP) is 3.55. The van der Waals surface area contributed by atoms with Crippen LogP contribution in [0, 0.1) is 5.92 Å². The van der Waals surface area contributed by atoms with Gasteiger partial charge in [0.1, 0.15) is 19.0 Å². The maximum Gasteiger partial charge on any atom is 0.243 e. The van der Waals surface area contributed by atoms with Crippen LogP contribution in [0.5, 0.6) is 17.2 Å². The highest BCUT2D eigenvalue weighted by Crippen LogP contribution is 2.34. The number of nitrogens with one attached hydrogen (secondary N) is 1. The summed E-state index contributed by atoms with van der Waals surface area (Å²) in [7, 11) is -3.79. The Bertz CT molecular complexity index is 1110. The lowest BCUT2D eigenvalue weighted by molar-refractivity contribution is -0.120. The minimum atomic E-state index is -3.79. The number of carbonyl (C=O) groups excluding carboxylic acids is 1. The van der Waals surface area contributed by atoms with Gasteiger partial charge in [0.2, 0.25) is 15.9 Å². The molecule has 2 aliphatic heterocycles. The van der Waals surface area contributed by atoms with Gasteiger partial charge in [0.15, 0.2) is 11.5 Å². The summed E-state index contributed by atoms with van der Waals surface area (Å²) < 4.78 is 44.1. The maximum absolute atomic E-state index is 13.2. The Labute approximate surface area is 192 Å². The van der Waals surface area contributed by atoms with Crippen LogP contribution >= 0.6 is 11.6 Å². The first-order chi connectivity index (χ1) is 15.4. The Morgan fingerprint density at radius 2 is 1.97 bits per heavy atom. The highest BCUT2D eigenvalue weighted by molar-refractivity contribution is 7.89. The van der Waals surface area contributed by atoms with Gasteiger partial charge >= 0.3 is 0 Å². The molecule has 0 aliphatic carbocycles. The standard InChI is InChI=1S/C22H25ClN2O6S/c1-2-29-19-8-6-17(13-18(19)23)32(27,28)25-9-3-4-15(14-25)22(26)24-16-5-7-20-21(12-16)31-11-10-30-20/h5-8,12-13,15H,2-4,9-11,14H2,1H3,(H,24,26)/t15-/m1/s1. The normalized spacial score (nSPS) is 18.8. The third-order valence-corrected chi connectivity index (χ3v) is 7.56. The van der Waals surface area contributed by atoms with Crippen LogP contribution in [0.3, 0.4) is 0 Å². The van der Waals surface area contributed by atoms with Crippen LogP contribution in [-0.4, -0.2) is 51.5 Å². The number of rotatable bonds is 6. The first-order valence-electron chi connectivity index (χ1n) is 10.5. The van der Waals surface area contributed by atoms with Gasteiger partial charge in [0, 0.05) is 24.8 Å². The summed E-state index contributed by atoms with van der Waals surface area (Å²) in [6.07, 6.45) is 1.19. The molecule has 1 amide bonds. The van der Waals surface area contributed by atoms with E-state index in [-0.39, 0.29) is 22.4 Å². The summed E-state index contributed by atoms with van der Waals surface area (Å²) in [5, 5.41) is 3.10. The molecule has 1 N–H and O–H groups in total. The van der Waals surface area contributed by atoms with Gasteiger partial charge in [0.05, 0.1) is 22.4 Å². The topological polar surface area (TPSA) is 94.2 Å². The number of anilines is 1. The fraction of sp³-hybridized carbons (Fsp3) is 0.409. The SMILES string of the molecule is CCOc1ccc(S(=O)(=O)N2CCC[C@@H](C(=O)Nc3ccc4c(c3)OCCO4)C2)cc1Cl. The molecule has 2 heterocycles. The number of carbonyl (C=O) groups is 1. The fourth-order valence-corrected chi connectivity index (χ4v) is 5.65. The summed E-state index contributed by atoms with van der Waals surface area (Å²) in [6.45, 7) is 3.65. The van der Waals surface area contributed by atoms with Crippen molar-refractivity contribution in [2.24, 2.45) is 5.92 Å². The second kappa shape index (κ2) is 9.56. The molecule has 4 rings (SSSR count). The van der Waals surface area contributed by atoms with Crippen molar-refractivity contribution in [3.8, 4) is 17.2 Å². The molecule has 1 fully saturated rings. The minimum Gasteiger partial charge on any atom is -0.492 e. The van der Waals surface area contributed by atoms with E-state index in [1.807, 2.05) is 6.92 Å². The third kappa shape index (κ3) is 4.79. The zero-order chi connectivity index (χ0) is 22.7. The molecule has 0 bridgehead atoms. The van der Waals surface area contributed by atoms with Crippen molar-refractivity contribution in [1.29, 1.82) is 0 Å². The molecular weight excluding hydrogens is 456 g/mol. The highest BCUT2D eigenvalue weighted by Gasteiger charge is 2.33. The number of piperidine rings is 1. The molecule has 0 saturated carbocycles. The molecule has 172 valence electrons. The number of nitrogens with zero attached hydrogens (tertiary/aromatic N) is 1. The molecular formula is C22H25ClN2O6S. The lowest BCUT2D eigenvalue weighted by atomic mass is 9.98. The largest absolute Gasteiger partial charge is 0.492 e. The fourth-order valence-electron chi connectivity index (χ4n) is 3.80. The second-order valence-corrected chi connectivity index (χ2v) is 9.92. The molecule has 0 unspecified atom stereocenters. The van der Waals surface area contributed by atoms with Crippen LogP contribution in [0.1, 0.15) is 19.8 Å². The second-order valence-electron chi connectivity index (χ2n) is 7.58. The van der Waals surface area contributed by atoms with Crippen LogP contribution in [0.15, 0.2) is 41.3 Å². The van der Waals surface area contributed by atoms with Crippen molar-refractivity contribution in [3.05, 3.63) is 41.4 Å². The molecule has 10 heteroatoms. The predicted molar refractivity (Wildman–Crippen MR) is 120 cm³/mol. The summed E-state index contributed by atoms with van der Waals surface area (Å²) in [5.74, 6) is 0.951. The molecule has 1 atom stereocenters. The van der Waals surface area contributed by atoms with Crippen LogP contribution in [0.2, 0.25) is 5.02 Å². The van der Waals surface area contributed by atoms with E-state index in [0.717, 1.165) is 0 Å². The number of fused-ring (bicyclic) bond motifs is 1. The molecule has 2 aromatic rings. The van der Waals surface area contributed by atoms with E-state index in [9.17, 15) is 13.2 Å². The number of sulfonamides is 1. The number of ether oxygens (including phenoxy) is 3. The third-order valence-electron chi connectivity index (χ3n) is 5.41. The molecule has 2 aliphatic rings. The number of amides is 1. The number of benzene rings is 2. The Morgan fingerprint density at radius 1 is 1.19 bits per heavy atom. The zero-order valence-electron chi connectivity index (χ0n) is 17.7. The number of hydrogen-bond donors (Lipinski definition) is 1. The average molecular weight is 481 g/mol. The van der Waals surface area contributed by atoms with Crippen LogP contribution < -0.4 is 19.5 Å². The van der Waals surface area contributed by atoms with Gasteiger partial charge < -0.3 is 19.5 Å². The molecule has 1 saturated heterocycles. The molecule has 2 aromatic carbocycles. The van der Waals surface area contributed by atoms with Crippen molar-refractivity contribution in [2.45, 2.75) is 24.7 Å². The van der Waals surface area contributed by atoms with Gasteiger partial charge in [-0.15, -0.1) is 0 Å². The average Bonchev–Trinajstić information content (AvgIpc) is 2.80. The number of halogens is 1. The van der Waals surface area contributed by atoms with Crippen LogP contribution in [0.4, 0.5) is 5.69 Å². The van der Waals surface area contributed by atoms with Gasteiger partial charge in [0.25, 0.3) is 0 Å². The Hall–Kier alpha value is -2.49. The van der Waals surface area contributed by atoms with Crippen molar-refractivity contribution in [2.75, 3.05) is 38.2 Å². The summed E-state index contributed by atoms with van der Waals surface area (Å²) in [6, 6.07) is 9.62. The van der Waals surface area contributed by atoms with Crippen LogP contribution in [-0.2, 0) is 14.8 Å². The smallest absolute Gasteiger partial charge is 0.243 e. The quantitative estimate of drug-likeness (QED) is 0.679. The van der Waals surface area contributed by atoms with E-state index < -0.39 is 15.9 Å². The molecule has 0 radical (unpaired) electrons. The van der Waals surface area contributed by atoms with Crippen molar-refractivity contribution >= 4 is 33.2 Å². The van der Waals surface area contributed by atoms with Gasteiger partial charge in [-0.3, -0.25) is 4.79 Å². The van der Waals surface area contributed by atoms with E-state index in [0.29, 0.717) is 62.1 Å². The highest BCUT2D eigenvalue weighted by atomic mass is 35.5. The summed E-state index contributed by atoms with van der Waals surface area (Å²) in [5.41, 5.74) is 0.581. The van der Waals surface area contributed by atoms with E-state index >= 15 is 0 Å². The van der Waals surface area contributed by atoms with E-state index in [1.54, 1.807) is 24.3 Å². The number of hydrogen-bond acceptors (Lipinski definition) is 6. The van der Waals surface area contributed by atoms with Gasteiger partial charge in [-0.05, 0) is 50.1 Å². The maximum atomic E-state index is 13.2. The monoisotopic (exact) mass is 480 g/mol. The first kappa shape index (κ1) is 22.7. The summed E-state index contributed by atoms with van der Waals surface area (Å²) in [4.78, 5) is 13.0. The molecule has 0 aromatic heterocycles. The minimum absolute atomic E-state index is 0.0823. The Morgan fingerprint density at radius 3 is 2.72 bits per heavy atom. The van der Waals surface area contributed by atoms with E-state index in [1.165, 1.54) is 16.4 Å². The van der Waals surface area contributed by atoms with Gasteiger partial charge in [-0.1, -0.05) is 11.6 Å². The lowest BCUT2D eigenvalue weighted by Gasteiger charge is -2.31. The van der Waals surface area contributed by atoms with Gasteiger partial charge in [-0.2, -0.15) is 4.31 Å². The first-order valence-corrected chi connectivity index (χ1v) is 12.3. The summed E-state index contributed by atoms with van der Waals surface area (Å²) >= 11 is 6.18. The van der Waals surface area contributed by atoms with E-state index in [4.69, 9.17) is 25.8 Å². The molecule has 8 nitrogen and oxygen atoms in total. The van der Waals surface area contributed by atoms with E-state index in [2.05, 4.69) is 5.32 Å². The van der Waals surface area contributed by atoms with Crippen molar-refractivity contribution < 1.29 is 27.4 Å². The molecule has 32 heavy (non-hydrogen) atoms. The van der Waals surface area contributed by atoms with Crippen LogP contribution in [0.25, 0.3) is 0 Å². The lowest BCUT2D eigenvalue weighted by Crippen LogP contribution is -2.43. The van der Waals surface area contributed by atoms with Crippen molar-refractivity contribution in [1.82, 2.24) is 4.31 Å². The Kier molecular flexibility index (Phi) is 6.78. The molecule has 0 spiro atoms. The van der Waals surface area contributed by atoms with Gasteiger partial charge in [-0.25, -0.2) is 8.42 Å². The van der Waals surface area contributed by atoms with Crippen molar-refractivity contribution in [3.63, 3.8) is 0 Å². The zero-order valence-corrected chi connectivity index (χ0v) is 19.2.